The van der Waals surface area contributed by atoms with Gasteiger partial charge in [0, 0.05) is 18.5 Å². The van der Waals surface area contributed by atoms with Crippen molar-refractivity contribution in [2.45, 2.75) is 26.4 Å². The third-order valence-electron chi connectivity index (χ3n) is 4.99. The lowest BCUT2D eigenvalue weighted by molar-refractivity contribution is -0.0246. The van der Waals surface area contributed by atoms with Crippen molar-refractivity contribution in [3.8, 4) is 11.3 Å². The number of aromatic nitrogens is 2. The Bertz CT molecular complexity index is 968. The highest BCUT2D eigenvalue weighted by Gasteiger charge is 2.27. The molecule has 1 aromatic carbocycles. The van der Waals surface area contributed by atoms with Crippen LogP contribution in [-0.4, -0.2) is 40.6 Å². The summed E-state index contributed by atoms with van der Waals surface area (Å²) in [6.07, 6.45) is 0.494. The number of carbonyl (C=O) groups excluding carboxylic acids is 1. The van der Waals surface area contributed by atoms with E-state index in [0.717, 1.165) is 34.8 Å². The summed E-state index contributed by atoms with van der Waals surface area (Å²) >= 11 is 0. The number of rotatable bonds is 4. The van der Waals surface area contributed by atoms with E-state index in [2.05, 4.69) is 5.16 Å². The molecule has 2 aromatic heterocycles. The van der Waals surface area contributed by atoms with Crippen molar-refractivity contribution in [3.63, 3.8) is 0 Å². The summed E-state index contributed by atoms with van der Waals surface area (Å²) in [7, 11) is 0. The lowest BCUT2D eigenvalue weighted by atomic mass is 10.1. The van der Waals surface area contributed by atoms with Crippen LogP contribution < -0.4 is 0 Å². The highest BCUT2D eigenvalue weighted by Crippen LogP contribution is 2.29. The minimum Gasteiger partial charge on any atom is -0.368 e. The fraction of sp³-hybridized carbons (Fsp3) is 0.318. The highest BCUT2D eigenvalue weighted by molar-refractivity contribution is 5.94. The molecule has 144 valence electrons. The van der Waals surface area contributed by atoms with Crippen molar-refractivity contribution in [2.75, 3.05) is 19.7 Å². The minimum absolute atomic E-state index is 0.0215. The SMILES string of the molecule is CCc1onc(C)c1-c1cccc(C2CN(C(=O)c3ccccc3)CCO2)n1. The van der Waals surface area contributed by atoms with Crippen molar-refractivity contribution in [1.82, 2.24) is 15.0 Å². The number of hydrogen-bond acceptors (Lipinski definition) is 5. The molecule has 0 spiro atoms. The standard InChI is InChI=1S/C22H23N3O3/c1-3-19-21(15(2)24-28-19)18-11-7-10-17(23-18)20-14-25(12-13-27-20)22(26)16-8-5-4-6-9-16/h4-11,20H,3,12-14H2,1-2H3. The quantitative estimate of drug-likeness (QED) is 0.691. The molecule has 0 radical (unpaired) electrons. The van der Waals surface area contributed by atoms with Crippen LogP contribution in [-0.2, 0) is 11.2 Å². The molecule has 1 atom stereocenters. The normalized spacial score (nSPS) is 16.9. The van der Waals surface area contributed by atoms with Gasteiger partial charge in [0.2, 0.25) is 0 Å². The molecule has 0 saturated carbocycles. The van der Waals surface area contributed by atoms with E-state index < -0.39 is 0 Å². The summed E-state index contributed by atoms with van der Waals surface area (Å²) in [5, 5.41) is 4.08. The predicted octanol–water partition coefficient (Wildman–Crippen LogP) is 3.82. The summed E-state index contributed by atoms with van der Waals surface area (Å²) in [5.41, 5.74) is 4.09. The van der Waals surface area contributed by atoms with E-state index in [1.165, 1.54) is 0 Å². The molecule has 6 nitrogen and oxygen atoms in total. The predicted molar refractivity (Wildman–Crippen MR) is 105 cm³/mol. The number of morpholine rings is 1. The average molecular weight is 377 g/mol. The van der Waals surface area contributed by atoms with Crippen LogP contribution >= 0.6 is 0 Å². The van der Waals surface area contributed by atoms with Crippen LogP contribution in [0.3, 0.4) is 0 Å². The highest BCUT2D eigenvalue weighted by atomic mass is 16.5. The molecule has 28 heavy (non-hydrogen) atoms. The van der Waals surface area contributed by atoms with Crippen molar-refractivity contribution < 1.29 is 14.1 Å². The number of nitrogens with zero attached hydrogens (tertiary/aromatic N) is 3. The van der Waals surface area contributed by atoms with Gasteiger partial charge in [0.25, 0.3) is 5.91 Å². The number of hydrogen-bond donors (Lipinski definition) is 0. The summed E-state index contributed by atoms with van der Waals surface area (Å²) < 4.78 is 11.4. The topological polar surface area (TPSA) is 68.5 Å². The third-order valence-corrected chi connectivity index (χ3v) is 4.99. The molecule has 3 heterocycles. The first-order valence-corrected chi connectivity index (χ1v) is 9.55. The van der Waals surface area contributed by atoms with Gasteiger partial charge in [-0.1, -0.05) is 36.3 Å². The Morgan fingerprint density at radius 2 is 2.00 bits per heavy atom. The molecule has 1 aliphatic heterocycles. The fourth-order valence-corrected chi connectivity index (χ4v) is 3.53. The largest absolute Gasteiger partial charge is 0.368 e. The molecule has 4 rings (SSSR count). The molecule has 1 fully saturated rings. The maximum atomic E-state index is 12.8. The molecule has 0 N–H and O–H groups in total. The van der Waals surface area contributed by atoms with Crippen molar-refractivity contribution >= 4 is 5.91 Å². The lowest BCUT2D eigenvalue weighted by Gasteiger charge is -2.33. The van der Waals surface area contributed by atoms with Crippen LogP contribution in [0, 0.1) is 6.92 Å². The number of amides is 1. The van der Waals surface area contributed by atoms with Crippen LogP contribution in [0.2, 0.25) is 0 Å². The second-order valence-corrected chi connectivity index (χ2v) is 6.84. The molecule has 1 aliphatic rings. The molecular formula is C22H23N3O3. The average Bonchev–Trinajstić information content (AvgIpc) is 3.14. The number of aryl methyl sites for hydroxylation is 2. The minimum atomic E-state index is -0.258. The van der Waals surface area contributed by atoms with Crippen LogP contribution in [0.15, 0.2) is 53.1 Å². The monoisotopic (exact) mass is 377 g/mol. The van der Waals surface area contributed by atoms with Gasteiger partial charge in [-0.2, -0.15) is 0 Å². The van der Waals surface area contributed by atoms with Crippen LogP contribution in [0.25, 0.3) is 11.3 Å². The molecule has 0 aliphatic carbocycles. The Labute approximate surface area is 164 Å². The smallest absolute Gasteiger partial charge is 0.254 e. The van der Waals surface area contributed by atoms with Gasteiger partial charge in [0.05, 0.1) is 35.8 Å². The van der Waals surface area contributed by atoms with Gasteiger partial charge in [-0.25, -0.2) is 4.98 Å². The van der Waals surface area contributed by atoms with E-state index in [1.54, 1.807) is 0 Å². The summed E-state index contributed by atoms with van der Waals surface area (Å²) in [6, 6.07) is 15.2. The summed E-state index contributed by atoms with van der Waals surface area (Å²) in [5.74, 6) is 0.848. The Hall–Kier alpha value is -2.99. The molecule has 0 bridgehead atoms. The van der Waals surface area contributed by atoms with E-state index in [4.69, 9.17) is 14.2 Å². The van der Waals surface area contributed by atoms with Gasteiger partial charge in [-0.3, -0.25) is 4.79 Å². The Kier molecular flexibility index (Phi) is 5.21. The Morgan fingerprint density at radius 3 is 2.79 bits per heavy atom. The second kappa shape index (κ2) is 7.94. The lowest BCUT2D eigenvalue weighted by Crippen LogP contribution is -2.42. The van der Waals surface area contributed by atoms with Crippen LogP contribution in [0.5, 0.6) is 0 Å². The maximum absolute atomic E-state index is 12.8. The molecule has 1 saturated heterocycles. The molecule has 3 aromatic rings. The molecule has 1 unspecified atom stereocenters. The van der Waals surface area contributed by atoms with E-state index in [9.17, 15) is 4.79 Å². The fourth-order valence-electron chi connectivity index (χ4n) is 3.53. The maximum Gasteiger partial charge on any atom is 0.254 e. The first-order valence-electron chi connectivity index (χ1n) is 9.55. The number of carbonyl (C=O) groups is 1. The molecule has 1 amide bonds. The Balaban J connectivity index is 1.58. The van der Waals surface area contributed by atoms with Gasteiger partial charge >= 0.3 is 0 Å². The van der Waals surface area contributed by atoms with Crippen LogP contribution in [0.4, 0.5) is 0 Å². The first-order chi connectivity index (χ1) is 13.7. The van der Waals surface area contributed by atoms with Gasteiger partial charge in [-0.15, -0.1) is 0 Å². The zero-order valence-electron chi connectivity index (χ0n) is 16.1. The van der Waals surface area contributed by atoms with E-state index in [0.29, 0.717) is 25.3 Å². The molecule has 6 heteroatoms. The Morgan fingerprint density at radius 1 is 1.18 bits per heavy atom. The van der Waals surface area contributed by atoms with E-state index >= 15 is 0 Å². The second-order valence-electron chi connectivity index (χ2n) is 6.84. The number of pyridine rings is 1. The summed E-state index contributed by atoms with van der Waals surface area (Å²) in [4.78, 5) is 19.4. The van der Waals surface area contributed by atoms with Gasteiger partial charge in [0.1, 0.15) is 11.9 Å². The van der Waals surface area contributed by atoms with Gasteiger partial charge in [-0.05, 0) is 31.2 Å². The molecular weight excluding hydrogens is 354 g/mol. The van der Waals surface area contributed by atoms with Crippen molar-refractivity contribution in [2.24, 2.45) is 0 Å². The van der Waals surface area contributed by atoms with Gasteiger partial charge in [0.15, 0.2) is 0 Å². The van der Waals surface area contributed by atoms with E-state index in [-0.39, 0.29) is 12.0 Å². The zero-order chi connectivity index (χ0) is 19.5. The van der Waals surface area contributed by atoms with Crippen LogP contribution in [0.1, 0.15) is 40.5 Å². The van der Waals surface area contributed by atoms with Crippen molar-refractivity contribution in [3.05, 3.63) is 71.2 Å². The first kappa shape index (κ1) is 18.4. The van der Waals surface area contributed by atoms with Crippen molar-refractivity contribution in [1.29, 1.82) is 0 Å². The number of ether oxygens (including phenoxy) is 1. The zero-order valence-corrected chi connectivity index (χ0v) is 16.1. The number of benzene rings is 1. The van der Waals surface area contributed by atoms with Gasteiger partial charge < -0.3 is 14.2 Å². The summed E-state index contributed by atoms with van der Waals surface area (Å²) in [6.45, 7) is 5.50. The van der Waals surface area contributed by atoms with E-state index in [1.807, 2.05) is 67.3 Å². The third kappa shape index (κ3) is 3.55.